The Morgan fingerprint density at radius 1 is 1.47 bits per heavy atom. The molecule has 2 unspecified atom stereocenters. The van der Waals surface area contributed by atoms with Crippen molar-refractivity contribution in [3.8, 4) is 0 Å². The van der Waals surface area contributed by atoms with Gasteiger partial charge in [0.15, 0.2) is 0 Å². The highest BCUT2D eigenvalue weighted by Gasteiger charge is 2.46. The highest BCUT2D eigenvalue weighted by Crippen LogP contribution is 2.41. The summed E-state index contributed by atoms with van der Waals surface area (Å²) in [5, 5.41) is 27.7. The Labute approximate surface area is 99.1 Å². The Hall–Kier alpha value is -1.62. The van der Waals surface area contributed by atoms with Crippen molar-refractivity contribution < 1.29 is 24.9 Å². The highest BCUT2D eigenvalue weighted by molar-refractivity contribution is 5.91. The zero-order valence-corrected chi connectivity index (χ0v) is 9.75. The van der Waals surface area contributed by atoms with Gasteiger partial charge in [-0.05, 0) is 13.3 Å². The van der Waals surface area contributed by atoms with Crippen LogP contribution in [0.4, 0.5) is 0 Å². The summed E-state index contributed by atoms with van der Waals surface area (Å²) < 4.78 is 0. The molecule has 0 saturated carbocycles. The Bertz CT molecular complexity index is 394. The molecule has 0 aromatic carbocycles. The lowest BCUT2D eigenvalue weighted by Gasteiger charge is -2.35. The van der Waals surface area contributed by atoms with Crippen LogP contribution in [-0.2, 0) is 9.59 Å². The minimum absolute atomic E-state index is 0.00931. The van der Waals surface area contributed by atoms with Gasteiger partial charge in [0, 0.05) is 11.5 Å². The zero-order chi connectivity index (χ0) is 13.2. The fourth-order valence-corrected chi connectivity index (χ4v) is 2.22. The number of hydrogen-bond acceptors (Lipinski definition) is 3. The molecule has 1 aliphatic carbocycles. The van der Waals surface area contributed by atoms with Crippen molar-refractivity contribution in [3.05, 3.63) is 23.8 Å². The quantitative estimate of drug-likeness (QED) is 0.682. The van der Waals surface area contributed by atoms with Gasteiger partial charge >= 0.3 is 11.9 Å². The van der Waals surface area contributed by atoms with Crippen LogP contribution in [0.5, 0.6) is 0 Å². The molecule has 0 aliphatic heterocycles. The van der Waals surface area contributed by atoms with Crippen molar-refractivity contribution in [1.82, 2.24) is 0 Å². The summed E-state index contributed by atoms with van der Waals surface area (Å²) in [4.78, 5) is 22.4. The zero-order valence-electron chi connectivity index (χ0n) is 9.75. The molecule has 1 aliphatic rings. The molecule has 0 aromatic heterocycles. The van der Waals surface area contributed by atoms with Crippen molar-refractivity contribution in [3.63, 3.8) is 0 Å². The molecule has 0 heterocycles. The van der Waals surface area contributed by atoms with Crippen LogP contribution < -0.4 is 0 Å². The first kappa shape index (κ1) is 13.4. The molecule has 0 radical (unpaired) electrons. The first-order valence-corrected chi connectivity index (χ1v) is 5.35. The Morgan fingerprint density at radius 3 is 2.47 bits per heavy atom. The maximum Gasteiger partial charge on any atom is 0.331 e. The first-order chi connectivity index (χ1) is 7.81. The molecule has 0 bridgehead atoms. The number of allylic oxidation sites excluding steroid dienone is 2. The van der Waals surface area contributed by atoms with E-state index in [0.717, 1.165) is 0 Å². The van der Waals surface area contributed by atoms with Crippen LogP contribution in [0.1, 0.15) is 20.3 Å². The molecule has 17 heavy (non-hydrogen) atoms. The molecule has 5 nitrogen and oxygen atoms in total. The number of hydrogen-bond donors (Lipinski definition) is 3. The third-order valence-electron chi connectivity index (χ3n) is 3.19. The van der Waals surface area contributed by atoms with Crippen LogP contribution in [0, 0.1) is 11.3 Å². The highest BCUT2D eigenvalue weighted by atomic mass is 16.4. The minimum Gasteiger partial charge on any atom is -0.481 e. The Kier molecular flexibility index (Phi) is 3.72. The van der Waals surface area contributed by atoms with E-state index in [2.05, 4.69) is 0 Å². The summed E-state index contributed by atoms with van der Waals surface area (Å²) in [6.07, 6.45) is 3.46. The smallest absolute Gasteiger partial charge is 0.331 e. The van der Waals surface area contributed by atoms with Gasteiger partial charge in [0.1, 0.15) is 0 Å². The number of carboxylic acids is 2. The Morgan fingerprint density at radius 2 is 2.06 bits per heavy atom. The molecule has 0 amide bonds. The van der Waals surface area contributed by atoms with E-state index in [1.165, 1.54) is 25.2 Å². The third kappa shape index (κ3) is 2.39. The second kappa shape index (κ2) is 4.71. The molecule has 3 N–H and O–H groups in total. The van der Waals surface area contributed by atoms with E-state index in [1.807, 2.05) is 0 Å². The van der Waals surface area contributed by atoms with Crippen molar-refractivity contribution >= 4 is 11.9 Å². The molecule has 0 spiro atoms. The lowest BCUT2D eigenvalue weighted by Crippen LogP contribution is -2.41. The van der Waals surface area contributed by atoms with Crippen LogP contribution in [-0.4, -0.2) is 33.4 Å². The largest absolute Gasteiger partial charge is 0.481 e. The van der Waals surface area contributed by atoms with Gasteiger partial charge in [-0.3, -0.25) is 4.79 Å². The average Bonchev–Trinajstić information content (AvgIpc) is 2.19. The number of rotatable bonds is 4. The minimum atomic E-state index is -1.35. The van der Waals surface area contributed by atoms with E-state index in [0.29, 0.717) is 0 Å². The number of aliphatic hydroxyl groups is 1. The maximum absolute atomic E-state index is 11.4. The summed E-state index contributed by atoms with van der Waals surface area (Å²) in [5.41, 5.74) is -1.30. The van der Waals surface area contributed by atoms with Gasteiger partial charge in [0.2, 0.25) is 0 Å². The molecular weight excluding hydrogens is 224 g/mol. The molecule has 3 atom stereocenters. The van der Waals surface area contributed by atoms with Crippen LogP contribution >= 0.6 is 0 Å². The molecular formula is C12H16O5. The molecule has 0 saturated heterocycles. The van der Waals surface area contributed by atoms with E-state index >= 15 is 0 Å². The van der Waals surface area contributed by atoms with Gasteiger partial charge in [-0.2, -0.15) is 0 Å². The van der Waals surface area contributed by atoms with E-state index in [9.17, 15) is 19.8 Å². The van der Waals surface area contributed by atoms with E-state index in [4.69, 9.17) is 5.11 Å². The fourth-order valence-electron chi connectivity index (χ4n) is 2.22. The number of aliphatic hydroxyl groups excluding tert-OH is 1. The standard InChI is InChI=1S/C12H16O5/c1-7(13)6-12(11(16)17)5-3-4-9(8(12)2)10(14)15/h3-5,7-8,13H,6H2,1-2H3,(H,14,15)(H,16,17)/t7?,8?,12-/m0/s1. The van der Waals surface area contributed by atoms with Crippen molar-refractivity contribution in [2.24, 2.45) is 11.3 Å². The van der Waals surface area contributed by atoms with Gasteiger partial charge in [-0.25, -0.2) is 4.79 Å². The van der Waals surface area contributed by atoms with Gasteiger partial charge < -0.3 is 15.3 Å². The molecule has 0 fully saturated rings. The monoisotopic (exact) mass is 240 g/mol. The summed E-state index contributed by atoms with van der Waals surface area (Å²) in [5.74, 6) is -2.93. The van der Waals surface area contributed by atoms with Crippen molar-refractivity contribution in [1.29, 1.82) is 0 Å². The lowest BCUT2D eigenvalue weighted by atomic mass is 9.67. The number of aliphatic carboxylic acids is 2. The number of carbonyl (C=O) groups is 2. The van der Waals surface area contributed by atoms with Crippen LogP contribution in [0.2, 0.25) is 0 Å². The van der Waals surface area contributed by atoms with Crippen LogP contribution in [0.15, 0.2) is 23.8 Å². The second-order valence-electron chi connectivity index (χ2n) is 4.41. The second-order valence-corrected chi connectivity index (χ2v) is 4.41. The normalized spacial score (nSPS) is 29.6. The predicted molar refractivity (Wildman–Crippen MR) is 60.4 cm³/mol. The SMILES string of the molecule is CC(O)C[C@@]1(C(=O)O)C=CC=C(C(=O)O)C1C. The van der Waals surface area contributed by atoms with Crippen molar-refractivity contribution in [2.75, 3.05) is 0 Å². The van der Waals surface area contributed by atoms with Gasteiger partial charge in [0.05, 0.1) is 11.5 Å². The lowest BCUT2D eigenvalue weighted by molar-refractivity contribution is -0.150. The van der Waals surface area contributed by atoms with Gasteiger partial charge in [-0.1, -0.05) is 25.2 Å². The predicted octanol–water partition coefficient (Wildman–Crippen LogP) is 1.05. The molecule has 1 rings (SSSR count). The molecule has 94 valence electrons. The third-order valence-corrected chi connectivity index (χ3v) is 3.19. The topological polar surface area (TPSA) is 94.8 Å². The van der Waals surface area contributed by atoms with E-state index in [-0.39, 0.29) is 12.0 Å². The average molecular weight is 240 g/mol. The summed E-state index contributed by atoms with van der Waals surface area (Å²) >= 11 is 0. The van der Waals surface area contributed by atoms with Crippen LogP contribution in [0.25, 0.3) is 0 Å². The maximum atomic E-state index is 11.4. The summed E-state index contributed by atoms with van der Waals surface area (Å²) in [6.45, 7) is 3.05. The first-order valence-electron chi connectivity index (χ1n) is 5.35. The van der Waals surface area contributed by atoms with Gasteiger partial charge in [0.25, 0.3) is 0 Å². The summed E-state index contributed by atoms with van der Waals surface area (Å²) in [7, 11) is 0. The van der Waals surface area contributed by atoms with E-state index < -0.39 is 29.4 Å². The molecule has 5 heteroatoms. The number of carboxylic acid groups (broad SMARTS) is 2. The Balaban J connectivity index is 3.18. The molecule has 0 aromatic rings. The van der Waals surface area contributed by atoms with Crippen molar-refractivity contribution in [2.45, 2.75) is 26.4 Å². The summed E-state index contributed by atoms with van der Waals surface area (Å²) in [6, 6.07) is 0. The van der Waals surface area contributed by atoms with Crippen LogP contribution in [0.3, 0.4) is 0 Å². The van der Waals surface area contributed by atoms with E-state index in [1.54, 1.807) is 6.92 Å². The van der Waals surface area contributed by atoms with Gasteiger partial charge in [-0.15, -0.1) is 0 Å². The fraction of sp³-hybridized carbons (Fsp3) is 0.500.